The van der Waals surface area contributed by atoms with Crippen LogP contribution in [0.15, 0.2) is 34.2 Å². The van der Waals surface area contributed by atoms with Crippen LogP contribution in [0.4, 0.5) is 22.0 Å². The number of rotatable bonds is 5. The van der Waals surface area contributed by atoms with Crippen molar-refractivity contribution in [2.24, 2.45) is 7.05 Å². The lowest BCUT2D eigenvalue weighted by atomic mass is 10.2. The lowest BCUT2D eigenvalue weighted by Crippen LogP contribution is -2.20. The number of aromatic nitrogens is 5. The van der Waals surface area contributed by atoms with Crippen LogP contribution in [0, 0.1) is 5.82 Å². The molecule has 11 heteroatoms. The van der Waals surface area contributed by atoms with Crippen molar-refractivity contribution < 1.29 is 4.39 Å². The van der Waals surface area contributed by atoms with Crippen LogP contribution in [0.25, 0.3) is 10.2 Å². The van der Waals surface area contributed by atoms with Crippen molar-refractivity contribution >= 4 is 50.9 Å². The molecule has 0 amide bonds. The fourth-order valence-corrected chi connectivity index (χ4v) is 5.71. The first-order valence-corrected chi connectivity index (χ1v) is 11.5. The van der Waals surface area contributed by atoms with Gasteiger partial charge in [0.25, 0.3) is 5.56 Å². The molecule has 8 nitrogen and oxygen atoms in total. The molecule has 0 radical (unpaired) electrons. The van der Waals surface area contributed by atoms with E-state index in [9.17, 15) is 9.18 Å². The molecule has 0 fully saturated rings. The van der Waals surface area contributed by atoms with Crippen molar-refractivity contribution in [3.8, 4) is 0 Å². The van der Waals surface area contributed by atoms with Gasteiger partial charge >= 0.3 is 0 Å². The lowest BCUT2D eigenvalue weighted by Gasteiger charge is -2.09. The highest BCUT2D eigenvalue weighted by atomic mass is 32.2. The number of anilines is 3. The number of halogens is 1. The summed E-state index contributed by atoms with van der Waals surface area (Å²) < 4.78 is 14.7. The SMILES string of the molecule is Cn1c(SCc2nc(N)nc(Nc3ccc(F)cc3)n2)nc2sc3c(c2c1=O)CCC3. The number of nitrogen functional groups attached to an aromatic ring is 1. The van der Waals surface area contributed by atoms with Gasteiger partial charge in [-0.3, -0.25) is 9.36 Å². The zero-order chi connectivity index (χ0) is 21.5. The Bertz CT molecular complexity index is 1350. The van der Waals surface area contributed by atoms with Gasteiger partial charge in [-0.05, 0) is 49.1 Å². The van der Waals surface area contributed by atoms with Crippen LogP contribution >= 0.6 is 23.1 Å². The van der Waals surface area contributed by atoms with Crippen molar-refractivity contribution in [1.29, 1.82) is 0 Å². The Morgan fingerprint density at radius 2 is 2.00 bits per heavy atom. The van der Waals surface area contributed by atoms with Crippen LogP contribution in [-0.2, 0) is 25.6 Å². The molecule has 1 aromatic carbocycles. The molecule has 0 unspecified atom stereocenters. The van der Waals surface area contributed by atoms with Crippen LogP contribution in [0.5, 0.6) is 0 Å². The van der Waals surface area contributed by atoms with E-state index in [1.165, 1.54) is 34.3 Å². The zero-order valence-electron chi connectivity index (χ0n) is 16.6. The van der Waals surface area contributed by atoms with Crippen molar-refractivity contribution in [1.82, 2.24) is 24.5 Å². The third-order valence-electron chi connectivity index (χ3n) is 5.04. The van der Waals surface area contributed by atoms with Crippen LogP contribution < -0.4 is 16.6 Å². The van der Waals surface area contributed by atoms with Crippen molar-refractivity contribution in [3.05, 3.63) is 56.7 Å². The molecule has 0 atom stereocenters. The number of fused-ring (bicyclic) bond motifs is 3. The molecule has 3 heterocycles. The number of nitrogens with two attached hydrogens (primary N) is 1. The second kappa shape index (κ2) is 7.89. The van der Waals surface area contributed by atoms with Gasteiger partial charge in [0.05, 0.1) is 11.1 Å². The van der Waals surface area contributed by atoms with E-state index in [-0.39, 0.29) is 23.3 Å². The van der Waals surface area contributed by atoms with Crippen LogP contribution in [0.3, 0.4) is 0 Å². The van der Waals surface area contributed by atoms with Gasteiger partial charge in [-0.2, -0.15) is 15.0 Å². The average Bonchev–Trinajstić information content (AvgIpc) is 3.32. The number of hydrogen-bond donors (Lipinski definition) is 2. The summed E-state index contributed by atoms with van der Waals surface area (Å²) in [6, 6.07) is 5.84. The Morgan fingerprint density at radius 3 is 2.81 bits per heavy atom. The van der Waals surface area contributed by atoms with Gasteiger partial charge in [0.15, 0.2) is 5.16 Å². The first-order valence-electron chi connectivity index (χ1n) is 9.65. The summed E-state index contributed by atoms with van der Waals surface area (Å²) in [6.07, 6.45) is 3.08. The summed E-state index contributed by atoms with van der Waals surface area (Å²) in [6.45, 7) is 0. The van der Waals surface area contributed by atoms with Crippen LogP contribution in [-0.4, -0.2) is 24.5 Å². The van der Waals surface area contributed by atoms with Gasteiger partial charge < -0.3 is 11.1 Å². The fraction of sp³-hybridized carbons (Fsp3) is 0.250. The first kappa shape index (κ1) is 19.9. The Hall–Kier alpha value is -3.05. The second-order valence-corrected chi connectivity index (χ2v) is 9.18. The monoisotopic (exact) mass is 455 g/mol. The third-order valence-corrected chi connectivity index (χ3v) is 7.25. The molecule has 0 bridgehead atoms. The van der Waals surface area contributed by atoms with E-state index < -0.39 is 0 Å². The summed E-state index contributed by atoms with van der Waals surface area (Å²) in [5.41, 5.74) is 7.62. The number of nitrogens with one attached hydrogen (secondary N) is 1. The van der Waals surface area contributed by atoms with E-state index in [4.69, 9.17) is 10.7 Å². The van der Waals surface area contributed by atoms with Crippen LogP contribution in [0.1, 0.15) is 22.7 Å². The second-order valence-electron chi connectivity index (χ2n) is 7.15. The summed E-state index contributed by atoms with van der Waals surface area (Å²) in [4.78, 5) is 32.4. The summed E-state index contributed by atoms with van der Waals surface area (Å²) in [5, 5.41) is 4.35. The standard InChI is InChI=1S/C20H18FN7OS2/c1-28-17(29)15-12-3-2-4-13(12)31-16(15)26-20(28)30-9-14-24-18(22)27-19(25-14)23-11-7-5-10(21)6-8-11/h5-8H,2-4,9H2,1H3,(H3,22,23,24,25,27). The molecule has 0 saturated heterocycles. The van der Waals surface area contributed by atoms with Crippen molar-refractivity contribution in [2.75, 3.05) is 11.1 Å². The minimum absolute atomic E-state index is 0.0132. The smallest absolute Gasteiger partial charge is 0.262 e. The maximum Gasteiger partial charge on any atom is 0.262 e. The fourth-order valence-electron chi connectivity index (χ4n) is 3.58. The number of aryl methyl sites for hydroxylation is 2. The van der Waals surface area contributed by atoms with Crippen molar-refractivity contribution in [3.63, 3.8) is 0 Å². The summed E-state index contributed by atoms with van der Waals surface area (Å²) >= 11 is 2.98. The first-order chi connectivity index (χ1) is 15.0. The normalized spacial score (nSPS) is 13.0. The molecule has 0 spiro atoms. The number of thiophene rings is 1. The molecule has 31 heavy (non-hydrogen) atoms. The highest BCUT2D eigenvalue weighted by Crippen LogP contribution is 2.35. The number of hydrogen-bond acceptors (Lipinski definition) is 9. The molecule has 1 aliphatic carbocycles. The molecular formula is C20H18FN7OS2. The third kappa shape index (κ3) is 3.86. The molecular weight excluding hydrogens is 437 g/mol. The topological polar surface area (TPSA) is 112 Å². The Balaban J connectivity index is 1.39. The quantitative estimate of drug-likeness (QED) is 0.348. The number of nitrogens with zero attached hydrogens (tertiary/aromatic N) is 5. The molecule has 3 N–H and O–H groups in total. The molecule has 1 aliphatic rings. The molecule has 0 aliphatic heterocycles. The molecule has 158 valence electrons. The zero-order valence-corrected chi connectivity index (χ0v) is 18.2. The van der Waals surface area contributed by atoms with Gasteiger partial charge in [0.2, 0.25) is 11.9 Å². The predicted molar refractivity (Wildman–Crippen MR) is 120 cm³/mol. The molecule has 0 saturated carbocycles. The summed E-state index contributed by atoms with van der Waals surface area (Å²) in [7, 11) is 1.74. The van der Waals surface area contributed by atoms with E-state index in [1.807, 2.05) is 0 Å². The highest BCUT2D eigenvalue weighted by molar-refractivity contribution is 7.98. The van der Waals surface area contributed by atoms with E-state index in [0.29, 0.717) is 22.4 Å². The summed E-state index contributed by atoms with van der Waals surface area (Å²) in [5.74, 6) is 0.819. The Morgan fingerprint density at radius 1 is 1.19 bits per heavy atom. The molecule has 5 rings (SSSR count). The average molecular weight is 456 g/mol. The van der Waals surface area contributed by atoms with E-state index in [2.05, 4.69) is 20.3 Å². The van der Waals surface area contributed by atoms with E-state index in [0.717, 1.165) is 29.5 Å². The lowest BCUT2D eigenvalue weighted by molar-refractivity contribution is 0.628. The van der Waals surface area contributed by atoms with Crippen molar-refractivity contribution in [2.45, 2.75) is 30.2 Å². The predicted octanol–water partition coefficient (Wildman–Crippen LogP) is 3.43. The van der Waals surface area contributed by atoms with Crippen LogP contribution in [0.2, 0.25) is 0 Å². The number of thioether (sulfide) groups is 1. The minimum Gasteiger partial charge on any atom is -0.368 e. The van der Waals surface area contributed by atoms with E-state index >= 15 is 0 Å². The van der Waals surface area contributed by atoms with E-state index in [1.54, 1.807) is 35.1 Å². The minimum atomic E-state index is -0.330. The van der Waals surface area contributed by atoms with Gasteiger partial charge in [-0.1, -0.05) is 11.8 Å². The van der Waals surface area contributed by atoms with Gasteiger partial charge in [-0.25, -0.2) is 9.37 Å². The molecule has 3 aromatic heterocycles. The maximum atomic E-state index is 13.1. The van der Waals surface area contributed by atoms with Gasteiger partial charge in [0.1, 0.15) is 16.5 Å². The Kier molecular flexibility index (Phi) is 5.06. The largest absolute Gasteiger partial charge is 0.368 e. The molecule has 4 aromatic rings. The van der Waals surface area contributed by atoms with Gasteiger partial charge in [0, 0.05) is 17.6 Å². The number of benzene rings is 1. The highest BCUT2D eigenvalue weighted by Gasteiger charge is 2.22. The maximum absolute atomic E-state index is 13.1. The Labute approximate surface area is 184 Å². The van der Waals surface area contributed by atoms with Gasteiger partial charge in [-0.15, -0.1) is 11.3 Å².